The summed E-state index contributed by atoms with van der Waals surface area (Å²) in [6.07, 6.45) is 18.4. The van der Waals surface area contributed by atoms with Crippen LogP contribution < -0.4 is 10.6 Å². The zero-order valence-corrected chi connectivity index (χ0v) is 94.1. The van der Waals surface area contributed by atoms with E-state index < -0.39 is 10.8 Å². The number of carbonyl (C=O) groups excluding carboxylic acids is 7. The van der Waals surface area contributed by atoms with Gasteiger partial charge in [0.15, 0.2) is 17.1 Å². The van der Waals surface area contributed by atoms with Crippen LogP contribution in [-0.4, -0.2) is 201 Å². The van der Waals surface area contributed by atoms with Crippen LogP contribution in [0.3, 0.4) is 0 Å². The van der Waals surface area contributed by atoms with Crippen molar-refractivity contribution in [2.45, 2.75) is 150 Å². The molecule has 4 aromatic heterocycles. The predicted molar refractivity (Wildman–Crippen MR) is 599 cm³/mol. The Bertz CT molecular complexity index is 6900. The topological polar surface area (TPSA) is 240 Å². The van der Waals surface area contributed by atoms with Crippen LogP contribution in [0.25, 0.3) is 67.8 Å². The third-order valence-corrected chi connectivity index (χ3v) is 33.7. The third-order valence-electron chi connectivity index (χ3n) is 29.9. The lowest BCUT2D eigenvalue weighted by molar-refractivity contribution is -0.159. The summed E-state index contributed by atoms with van der Waals surface area (Å²) in [5.74, 6) is 4.59. The molecule has 23 nitrogen and oxygen atoms in total. The first-order valence-electron chi connectivity index (χ1n) is 50.4. The van der Waals surface area contributed by atoms with E-state index in [2.05, 4.69) is 20.8 Å². The normalized spacial score (nSPS) is 20.9. The molecule has 8 saturated carbocycles. The van der Waals surface area contributed by atoms with Gasteiger partial charge in [0.1, 0.15) is 11.3 Å². The smallest absolute Gasteiger partial charge is 0.410 e. The van der Waals surface area contributed by atoms with Crippen molar-refractivity contribution < 1.29 is 38.3 Å². The molecule has 24 rings (SSSR count). The van der Waals surface area contributed by atoms with E-state index in [1.54, 1.807) is 133 Å². The molecule has 784 valence electrons. The highest BCUT2D eigenvalue weighted by atomic mass is 35.5. The molecule has 8 aliphatic carbocycles. The second-order valence-corrected chi connectivity index (χ2v) is 47.3. The maximum atomic E-state index is 13.9. The average molecular weight is 2300 g/mol. The van der Waals surface area contributed by atoms with Gasteiger partial charge < -0.3 is 39.9 Å². The number of benzene rings is 8. The van der Waals surface area contributed by atoms with Gasteiger partial charge in [0.25, 0.3) is 23.0 Å². The lowest BCUT2D eigenvalue weighted by atomic mass is 9.49. The van der Waals surface area contributed by atoms with Crippen molar-refractivity contribution in [1.82, 2.24) is 74.3 Å². The number of halogens is 14. The third kappa shape index (κ3) is 25.5. The van der Waals surface area contributed by atoms with Crippen molar-refractivity contribution in [3.05, 3.63) is 275 Å². The fourth-order valence-corrected chi connectivity index (χ4v) is 26.5. The molecule has 0 radical (unpaired) electrons. The number of piperazine rings is 3. The molecular weight excluding hydrogens is 2180 g/mol. The Morgan fingerprint density at radius 1 is 0.309 bits per heavy atom. The number of aromatic nitrogens is 8. The number of piperidine rings is 1. The monoisotopic (exact) mass is 2290 g/mol. The van der Waals surface area contributed by atoms with Gasteiger partial charge in [-0.1, -0.05) is 194 Å². The molecule has 5 amide bonds. The Labute approximate surface area is 938 Å². The fraction of sp³-hybridized carbons (Fsp3) is 0.402. The number of amides is 5. The van der Waals surface area contributed by atoms with Crippen molar-refractivity contribution in [1.29, 1.82) is 0 Å². The molecule has 0 spiro atoms. The highest BCUT2D eigenvalue weighted by molar-refractivity contribution is 6.67. The molecule has 2 N–H and O–H groups in total. The van der Waals surface area contributed by atoms with E-state index in [-0.39, 0.29) is 45.6 Å². The first-order chi connectivity index (χ1) is 71.2. The number of rotatable bonds is 14. The number of carbonyl (C=O) groups is 7. The van der Waals surface area contributed by atoms with Crippen molar-refractivity contribution in [2.75, 3.05) is 91.6 Å². The SMILES string of the molecule is C1CCNCC1.Cc1c(C(=O)Cl)nn(-c2ccc(Cl)cc2Cl)c1-c1ccc(Cl)cc1.Cc1c(C(=O)N2CCN(C(=O)C34CC5CC(CC(C5)C3)C4)CC2)nn(-c2ccc(Cl)cc2Cl)c1-c1ccc(Cl)cc1.Cc1c(C(=O)N2CCN(C(=O)OC(C)(C)C)CC2)nn(-c2ccc(Cl)cc2Cl)c1-c1ccc(Cl)cc1.Cc1c(C(=O)N2CCNCC2)nn(-c2ccc(Cl)cc2Cl)c1-c1ccc(Cl)cc1.O=C(Cl)C12CC3CC(CC(C3)C1)C2. The predicted octanol–water partition coefficient (Wildman–Crippen LogP) is 28.6. The van der Waals surface area contributed by atoms with Gasteiger partial charge >= 0.3 is 6.09 Å². The summed E-state index contributed by atoms with van der Waals surface area (Å²) < 4.78 is 12.2. The molecule has 12 fully saturated rings. The van der Waals surface area contributed by atoms with Crippen LogP contribution in [0, 0.1) is 74.0 Å². The van der Waals surface area contributed by atoms with Crippen LogP contribution in [0.5, 0.6) is 0 Å². The average Bonchev–Trinajstić information content (AvgIpc) is 1.72. The molecule has 4 aliphatic heterocycles. The van der Waals surface area contributed by atoms with Gasteiger partial charge in [0, 0.05) is 169 Å². The van der Waals surface area contributed by atoms with Gasteiger partial charge in [0.2, 0.25) is 11.1 Å². The van der Waals surface area contributed by atoms with Crippen LogP contribution in [0.2, 0.25) is 60.3 Å². The van der Waals surface area contributed by atoms with Gasteiger partial charge in [-0.05, 0) is 331 Å². The van der Waals surface area contributed by atoms with Crippen LogP contribution in [0.1, 0.15) is 181 Å². The van der Waals surface area contributed by atoms with Gasteiger partial charge in [-0.15, -0.1) is 0 Å². The Balaban J connectivity index is 0.000000129. The van der Waals surface area contributed by atoms with Crippen LogP contribution in [0.4, 0.5) is 4.79 Å². The fourth-order valence-electron chi connectivity index (χ4n) is 23.6. The zero-order chi connectivity index (χ0) is 106. The molecule has 12 aromatic rings. The molecule has 37 heteroatoms. The summed E-state index contributed by atoms with van der Waals surface area (Å²) in [7, 11) is 0. The summed E-state index contributed by atoms with van der Waals surface area (Å²) in [6.45, 7) is 22.0. The minimum absolute atomic E-state index is 0.0356. The van der Waals surface area contributed by atoms with Crippen LogP contribution in [0.15, 0.2) is 170 Å². The highest BCUT2D eigenvalue weighted by Crippen LogP contribution is 2.62. The summed E-state index contributed by atoms with van der Waals surface area (Å²) in [5, 5.41) is 30.7. The molecule has 8 aromatic carbocycles. The molecule has 8 bridgehead atoms. The Kier molecular flexibility index (Phi) is 35.8. The van der Waals surface area contributed by atoms with Crippen molar-refractivity contribution >= 4 is 203 Å². The van der Waals surface area contributed by atoms with Gasteiger partial charge in [-0.25, -0.2) is 23.5 Å². The van der Waals surface area contributed by atoms with E-state index in [4.69, 9.17) is 177 Å². The van der Waals surface area contributed by atoms with E-state index in [0.717, 1.165) is 138 Å². The minimum Gasteiger partial charge on any atom is -0.444 e. The largest absolute Gasteiger partial charge is 0.444 e. The molecule has 4 saturated heterocycles. The molecular formula is C112H115Cl14N15O8. The Morgan fingerprint density at radius 2 is 0.557 bits per heavy atom. The van der Waals surface area contributed by atoms with E-state index in [1.165, 1.54) is 70.9 Å². The van der Waals surface area contributed by atoms with E-state index in [1.807, 2.05) is 129 Å². The maximum Gasteiger partial charge on any atom is 0.410 e. The summed E-state index contributed by atoms with van der Waals surface area (Å²) in [5.41, 5.74) is 12.3. The van der Waals surface area contributed by atoms with Crippen molar-refractivity contribution in [3.8, 4) is 67.8 Å². The Morgan fingerprint density at radius 3 is 0.812 bits per heavy atom. The number of nitrogens with zero attached hydrogens (tertiary/aromatic N) is 13. The van der Waals surface area contributed by atoms with Gasteiger partial charge in [-0.3, -0.25) is 28.8 Å². The Hall–Kier alpha value is -8.93. The molecule has 149 heavy (non-hydrogen) atoms. The molecule has 12 aliphatic rings. The second kappa shape index (κ2) is 48.0. The number of hydrogen-bond donors (Lipinski definition) is 2. The zero-order valence-electron chi connectivity index (χ0n) is 83.5. The van der Waals surface area contributed by atoms with Gasteiger partial charge in [0.05, 0.1) is 71.0 Å². The number of nitrogens with one attached hydrogen (secondary N) is 2. The second-order valence-electron chi connectivity index (χ2n) is 41.5. The summed E-state index contributed by atoms with van der Waals surface area (Å²) in [6, 6.07) is 50.1. The standard InChI is InChI=1S/C32H33Cl3N4O2.C26H27Cl3N4O3.C21H19Cl3N4O.C17H10Cl4N2O.C11H15ClO.C5H11N/c1-19-28(36-39(27-7-6-25(34)15-26(27)35)29(19)23-2-4-24(33)5-3-23)30(40)37-8-10-38(11-9-37)31(41)32-16-20-12-21(17-32)14-22(13-20)18-32;1-16-22(24(34)31-11-13-32(14-12-31)25(35)36-26(2,3)4)30-33(21-10-9-19(28)15-20(21)29)23(16)17-5-7-18(27)8-6-17;1-13-19(21(29)27-10-8-25-9-11-27)26-28(18-7-6-16(23)12-17(18)24)20(13)14-2-4-15(22)5-3-14;1-9-15(17(21)24)22-23(14-7-6-12(19)8-13(14)20)16(9)10-2-4-11(18)5-3-10;12-10(13)11-4-7-1-8(5-11)3-9(2-7)6-11;1-2-4-6-5-3-1/h2-7,15,20-22H,8-14,16-18H2,1H3;5-10,15H,11-14H2,1-4H3;2-7,12,25H,8-11H2,1H3;2-8H,1H3;7-9H,1-6H2;6H,1-5H2. The minimum atomic E-state index is -0.633. The van der Waals surface area contributed by atoms with Gasteiger partial charge in [-0.2, -0.15) is 20.4 Å². The summed E-state index contributed by atoms with van der Waals surface area (Å²) >= 11 is 85.9. The lowest BCUT2D eigenvalue weighted by Gasteiger charge is -2.57. The van der Waals surface area contributed by atoms with E-state index in [9.17, 15) is 33.6 Å². The molecule has 8 heterocycles. The number of hydrogen-bond acceptors (Lipinski definition) is 14. The van der Waals surface area contributed by atoms with Crippen molar-refractivity contribution in [2.24, 2.45) is 46.3 Å². The summed E-state index contributed by atoms with van der Waals surface area (Å²) in [4.78, 5) is 99.1. The quantitative estimate of drug-likeness (QED) is 0.0963. The lowest BCUT2D eigenvalue weighted by Crippen LogP contribution is -2.58. The van der Waals surface area contributed by atoms with E-state index in [0.29, 0.717) is 188 Å². The van der Waals surface area contributed by atoms with Crippen LogP contribution >= 0.6 is 162 Å². The molecule has 0 atom stereocenters. The number of ether oxygens (including phenoxy) is 1. The highest BCUT2D eigenvalue weighted by Gasteiger charge is 2.57. The van der Waals surface area contributed by atoms with E-state index >= 15 is 0 Å². The first kappa shape index (κ1) is 111. The van der Waals surface area contributed by atoms with Crippen LogP contribution in [-0.2, 0) is 14.3 Å². The first-order valence-corrected chi connectivity index (χ1v) is 55.7. The maximum absolute atomic E-state index is 13.9. The molecule has 0 unspecified atom stereocenters. The van der Waals surface area contributed by atoms with Crippen molar-refractivity contribution in [3.63, 3.8) is 0 Å².